The molecule has 8 nitrogen and oxygen atoms in total. The van der Waals surface area contributed by atoms with Crippen LogP contribution in [0.1, 0.15) is 27.2 Å². The predicted octanol–water partition coefficient (Wildman–Crippen LogP) is 0.179. The maximum Gasteiger partial charge on any atom is 0.242 e. The van der Waals surface area contributed by atoms with Gasteiger partial charge in [0, 0.05) is 38.7 Å². The molecule has 2 amide bonds. The Morgan fingerprint density at radius 1 is 1.24 bits per heavy atom. The summed E-state index contributed by atoms with van der Waals surface area (Å²) in [5.41, 5.74) is -0.296. The van der Waals surface area contributed by atoms with E-state index in [1.807, 2.05) is 20.8 Å². The molecule has 3 N–H and O–H groups in total. The van der Waals surface area contributed by atoms with Crippen molar-refractivity contribution in [3.05, 3.63) is 0 Å². The highest BCUT2D eigenvalue weighted by molar-refractivity contribution is 14.0. The molecular formula is C16H32IN5O3. The van der Waals surface area contributed by atoms with Gasteiger partial charge in [0.25, 0.3) is 0 Å². The molecule has 1 saturated heterocycles. The van der Waals surface area contributed by atoms with E-state index in [1.54, 1.807) is 14.1 Å². The zero-order valence-electron chi connectivity index (χ0n) is 15.8. The van der Waals surface area contributed by atoms with Crippen molar-refractivity contribution < 1.29 is 14.3 Å². The maximum absolute atomic E-state index is 11.9. The van der Waals surface area contributed by atoms with E-state index in [2.05, 4.69) is 20.9 Å². The number of rotatable bonds is 6. The summed E-state index contributed by atoms with van der Waals surface area (Å²) in [6, 6.07) is 0. The van der Waals surface area contributed by atoms with E-state index >= 15 is 0 Å². The summed E-state index contributed by atoms with van der Waals surface area (Å²) >= 11 is 0. The van der Waals surface area contributed by atoms with Crippen LogP contribution < -0.4 is 16.0 Å². The number of amides is 2. The van der Waals surface area contributed by atoms with Crippen molar-refractivity contribution in [3.8, 4) is 0 Å². The molecule has 25 heavy (non-hydrogen) atoms. The van der Waals surface area contributed by atoms with Gasteiger partial charge in [0.2, 0.25) is 11.8 Å². The minimum absolute atomic E-state index is 0. The summed E-state index contributed by atoms with van der Waals surface area (Å²) in [4.78, 5) is 29.4. The smallest absolute Gasteiger partial charge is 0.242 e. The van der Waals surface area contributed by atoms with Crippen LogP contribution in [0.4, 0.5) is 0 Å². The van der Waals surface area contributed by atoms with Gasteiger partial charge in [-0.05, 0) is 27.2 Å². The van der Waals surface area contributed by atoms with Gasteiger partial charge in [-0.25, -0.2) is 4.99 Å². The number of carbonyl (C=O) groups excluding carboxylic acids is 2. The Kier molecular flexibility index (Phi) is 11.0. The monoisotopic (exact) mass is 469 g/mol. The number of aliphatic imine (C=N–C) groups is 1. The molecule has 1 fully saturated rings. The van der Waals surface area contributed by atoms with Crippen LogP contribution in [-0.4, -0.2) is 75.2 Å². The van der Waals surface area contributed by atoms with Crippen molar-refractivity contribution in [2.24, 2.45) is 10.9 Å². The second-order valence-electron chi connectivity index (χ2n) is 7.22. The van der Waals surface area contributed by atoms with Gasteiger partial charge < -0.3 is 25.6 Å². The Morgan fingerprint density at radius 3 is 2.44 bits per heavy atom. The first kappa shape index (κ1) is 23.9. The number of halogens is 1. The number of hydrogen-bond donors (Lipinski definition) is 3. The number of nitrogens with one attached hydrogen (secondary N) is 3. The fourth-order valence-corrected chi connectivity index (χ4v) is 2.09. The first-order valence-corrected chi connectivity index (χ1v) is 8.28. The molecule has 0 aromatic carbocycles. The van der Waals surface area contributed by atoms with E-state index in [0.29, 0.717) is 18.4 Å². The molecule has 0 bridgehead atoms. The number of guanidine groups is 1. The second kappa shape index (κ2) is 11.5. The van der Waals surface area contributed by atoms with Crippen molar-refractivity contribution in [2.45, 2.75) is 32.7 Å². The van der Waals surface area contributed by atoms with Gasteiger partial charge in [0.15, 0.2) is 5.96 Å². The van der Waals surface area contributed by atoms with Crippen LogP contribution in [0.2, 0.25) is 0 Å². The van der Waals surface area contributed by atoms with Crippen LogP contribution in [0.15, 0.2) is 4.99 Å². The number of nitrogens with zero attached hydrogens (tertiary/aromatic N) is 2. The molecule has 0 aromatic heterocycles. The highest BCUT2D eigenvalue weighted by atomic mass is 127. The molecule has 0 spiro atoms. The Hall–Kier alpha value is -1.10. The van der Waals surface area contributed by atoms with Gasteiger partial charge in [0.1, 0.15) is 6.54 Å². The van der Waals surface area contributed by atoms with E-state index in [9.17, 15) is 9.59 Å². The van der Waals surface area contributed by atoms with Crippen LogP contribution in [-0.2, 0) is 14.3 Å². The van der Waals surface area contributed by atoms with Crippen molar-refractivity contribution in [2.75, 3.05) is 46.9 Å². The average molecular weight is 469 g/mol. The lowest BCUT2D eigenvalue weighted by Gasteiger charge is -2.20. The predicted molar refractivity (Wildman–Crippen MR) is 109 cm³/mol. The van der Waals surface area contributed by atoms with Crippen LogP contribution in [0.3, 0.4) is 0 Å². The average Bonchev–Trinajstić information content (AvgIpc) is 2.97. The topological polar surface area (TPSA) is 95.1 Å². The third-order valence-electron chi connectivity index (χ3n) is 3.38. The van der Waals surface area contributed by atoms with Gasteiger partial charge in [-0.1, -0.05) is 0 Å². The van der Waals surface area contributed by atoms with E-state index in [1.165, 1.54) is 4.90 Å². The Labute approximate surface area is 167 Å². The first-order valence-electron chi connectivity index (χ1n) is 8.28. The van der Waals surface area contributed by atoms with Gasteiger partial charge in [-0.15, -0.1) is 24.0 Å². The second-order valence-corrected chi connectivity index (χ2v) is 7.22. The normalized spacial score (nSPS) is 17.5. The number of carbonyl (C=O) groups is 2. The third kappa shape index (κ3) is 11.2. The Bertz CT molecular complexity index is 457. The SMILES string of the molecule is CN(C)C(=O)CNC(=NCC(=O)NC(C)(C)C)NCC1CCOC1.I. The molecule has 1 aliphatic rings. The molecule has 146 valence electrons. The quantitative estimate of drug-likeness (QED) is 0.293. The molecule has 1 atom stereocenters. The number of hydrogen-bond acceptors (Lipinski definition) is 4. The summed E-state index contributed by atoms with van der Waals surface area (Å²) in [6.45, 7) is 8.08. The third-order valence-corrected chi connectivity index (χ3v) is 3.38. The summed E-state index contributed by atoms with van der Waals surface area (Å²) in [7, 11) is 3.39. The molecule has 0 radical (unpaired) electrons. The van der Waals surface area contributed by atoms with Crippen molar-refractivity contribution in [3.63, 3.8) is 0 Å². The standard InChI is InChI=1S/C16H31N5O3.HI/c1-16(2,3)20-13(22)9-18-15(19-10-14(23)21(4)5)17-8-12-6-7-24-11-12;/h12H,6-11H2,1-5H3,(H,20,22)(H2,17,18,19);1H. The Morgan fingerprint density at radius 2 is 1.92 bits per heavy atom. The lowest BCUT2D eigenvalue weighted by atomic mass is 10.1. The molecule has 1 unspecified atom stereocenters. The maximum atomic E-state index is 11.9. The minimum atomic E-state index is -0.296. The fraction of sp³-hybridized carbons (Fsp3) is 0.812. The van der Waals surface area contributed by atoms with E-state index in [-0.39, 0.29) is 54.4 Å². The summed E-state index contributed by atoms with van der Waals surface area (Å²) in [6.07, 6.45) is 1.00. The van der Waals surface area contributed by atoms with Crippen molar-refractivity contribution >= 4 is 41.8 Å². The van der Waals surface area contributed by atoms with Crippen LogP contribution >= 0.6 is 24.0 Å². The van der Waals surface area contributed by atoms with E-state index in [0.717, 1.165) is 19.6 Å². The zero-order chi connectivity index (χ0) is 18.2. The molecule has 0 aliphatic carbocycles. The van der Waals surface area contributed by atoms with Crippen LogP contribution in [0, 0.1) is 5.92 Å². The highest BCUT2D eigenvalue weighted by Crippen LogP contribution is 2.10. The summed E-state index contributed by atoms with van der Waals surface area (Å²) in [5, 5.41) is 9.01. The molecule has 9 heteroatoms. The molecule has 1 rings (SSSR count). The summed E-state index contributed by atoms with van der Waals surface area (Å²) < 4.78 is 5.35. The molecular weight excluding hydrogens is 437 g/mol. The largest absolute Gasteiger partial charge is 0.381 e. The van der Waals surface area contributed by atoms with Gasteiger partial charge in [-0.2, -0.15) is 0 Å². The summed E-state index contributed by atoms with van der Waals surface area (Å²) in [5.74, 6) is 0.658. The molecule has 0 aromatic rings. The first-order chi connectivity index (χ1) is 11.2. The van der Waals surface area contributed by atoms with Gasteiger partial charge in [0.05, 0.1) is 13.2 Å². The minimum Gasteiger partial charge on any atom is -0.381 e. The number of likely N-dealkylation sites (N-methyl/N-ethyl adjacent to an activating group) is 1. The molecule has 0 saturated carbocycles. The fourth-order valence-electron chi connectivity index (χ4n) is 2.09. The van der Waals surface area contributed by atoms with Crippen LogP contribution in [0.25, 0.3) is 0 Å². The van der Waals surface area contributed by atoms with E-state index < -0.39 is 0 Å². The van der Waals surface area contributed by atoms with Crippen LogP contribution in [0.5, 0.6) is 0 Å². The van der Waals surface area contributed by atoms with Crippen molar-refractivity contribution in [1.82, 2.24) is 20.9 Å². The Balaban J connectivity index is 0.00000576. The molecule has 1 aliphatic heterocycles. The van der Waals surface area contributed by atoms with Gasteiger partial charge in [-0.3, -0.25) is 9.59 Å². The van der Waals surface area contributed by atoms with Crippen molar-refractivity contribution in [1.29, 1.82) is 0 Å². The number of ether oxygens (including phenoxy) is 1. The van der Waals surface area contributed by atoms with Gasteiger partial charge >= 0.3 is 0 Å². The highest BCUT2D eigenvalue weighted by Gasteiger charge is 2.17. The molecule has 1 heterocycles. The lowest BCUT2D eigenvalue weighted by molar-refractivity contribution is -0.127. The van der Waals surface area contributed by atoms with E-state index in [4.69, 9.17) is 4.74 Å². The zero-order valence-corrected chi connectivity index (χ0v) is 18.2. The lowest BCUT2D eigenvalue weighted by Crippen LogP contribution is -2.46.